The van der Waals surface area contributed by atoms with Gasteiger partial charge in [0.15, 0.2) is 17.6 Å². The normalized spacial score (nSPS) is 15.4. The largest absolute Gasteiger partial charge is 0.489 e. The van der Waals surface area contributed by atoms with Crippen LogP contribution in [0.25, 0.3) is 0 Å². The van der Waals surface area contributed by atoms with Crippen molar-refractivity contribution < 1.29 is 23.7 Å². The summed E-state index contributed by atoms with van der Waals surface area (Å²) in [5.41, 5.74) is 2.88. The van der Waals surface area contributed by atoms with E-state index in [4.69, 9.17) is 42.1 Å². The highest BCUT2D eigenvalue weighted by molar-refractivity contribution is 6.42. The Balaban J connectivity index is 1.36. The lowest BCUT2D eigenvalue weighted by molar-refractivity contribution is -0.143. The van der Waals surface area contributed by atoms with Crippen molar-refractivity contribution in [3.63, 3.8) is 0 Å². The van der Waals surface area contributed by atoms with Gasteiger partial charge in [-0.15, -0.1) is 0 Å². The van der Waals surface area contributed by atoms with Crippen LogP contribution in [-0.2, 0) is 22.6 Å². The molecular weight excluding hydrogens is 501 g/mol. The fourth-order valence-corrected chi connectivity index (χ4v) is 4.29. The Hall–Kier alpha value is -2.93. The summed E-state index contributed by atoms with van der Waals surface area (Å²) < 4.78 is 23.0. The Morgan fingerprint density at radius 2 is 1.75 bits per heavy atom. The van der Waals surface area contributed by atoms with Gasteiger partial charge in [0, 0.05) is 6.04 Å². The van der Waals surface area contributed by atoms with E-state index < -0.39 is 6.04 Å². The van der Waals surface area contributed by atoms with Crippen molar-refractivity contribution in [3.8, 4) is 17.2 Å². The van der Waals surface area contributed by atoms with Crippen LogP contribution in [0, 0.1) is 0 Å². The molecule has 0 spiro atoms. The second-order valence-corrected chi connectivity index (χ2v) is 9.72. The molecule has 0 fully saturated rings. The van der Waals surface area contributed by atoms with E-state index in [1.165, 1.54) is 7.11 Å². The summed E-state index contributed by atoms with van der Waals surface area (Å²) in [5.74, 6) is 1.78. The van der Waals surface area contributed by atoms with E-state index in [9.17, 15) is 4.79 Å². The molecule has 1 N–H and O–H groups in total. The molecule has 3 aromatic rings. The monoisotopic (exact) mass is 529 g/mol. The molecule has 8 heteroatoms. The average molecular weight is 530 g/mol. The molecule has 0 saturated carbocycles. The first-order valence-corrected chi connectivity index (χ1v) is 12.5. The maximum atomic E-state index is 12.1. The number of esters is 1. The minimum absolute atomic E-state index is 0.153. The molecule has 3 aromatic carbocycles. The number of fused-ring (bicyclic) bond motifs is 1. The summed E-state index contributed by atoms with van der Waals surface area (Å²) in [6, 6.07) is 18.7. The predicted molar refractivity (Wildman–Crippen MR) is 140 cm³/mol. The number of benzene rings is 3. The first kappa shape index (κ1) is 26.1. The molecule has 0 radical (unpaired) electrons. The number of methoxy groups -OCH3 is 1. The number of ether oxygens (including phenoxy) is 4. The van der Waals surface area contributed by atoms with Gasteiger partial charge in [0.05, 0.1) is 17.2 Å². The van der Waals surface area contributed by atoms with E-state index >= 15 is 0 Å². The van der Waals surface area contributed by atoms with Crippen LogP contribution in [0.5, 0.6) is 17.2 Å². The topological polar surface area (TPSA) is 66.0 Å². The van der Waals surface area contributed by atoms with Gasteiger partial charge >= 0.3 is 5.97 Å². The molecule has 36 heavy (non-hydrogen) atoms. The second-order valence-electron chi connectivity index (χ2n) is 8.91. The van der Waals surface area contributed by atoms with Crippen molar-refractivity contribution in [2.75, 3.05) is 13.7 Å². The Labute approximate surface area is 221 Å². The summed E-state index contributed by atoms with van der Waals surface area (Å²) in [5, 5.41) is 4.27. The van der Waals surface area contributed by atoms with E-state index in [0.717, 1.165) is 22.4 Å². The van der Waals surface area contributed by atoms with E-state index in [2.05, 4.69) is 5.32 Å². The maximum Gasteiger partial charge on any atom is 0.323 e. The van der Waals surface area contributed by atoms with Crippen LogP contribution < -0.4 is 19.5 Å². The first-order valence-electron chi connectivity index (χ1n) is 11.8. The zero-order valence-corrected chi connectivity index (χ0v) is 21.9. The molecular formula is C28H29Cl2NO5. The molecule has 1 aliphatic heterocycles. The van der Waals surface area contributed by atoms with Gasteiger partial charge in [-0.2, -0.15) is 0 Å². The molecule has 1 aliphatic rings. The Kier molecular flexibility index (Phi) is 8.62. The molecule has 2 unspecified atom stereocenters. The van der Waals surface area contributed by atoms with Gasteiger partial charge < -0.3 is 24.3 Å². The van der Waals surface area contributed by atoms with Crippen molar-refractivity contribution in [1.29, 1.82) is 0 Å². The van der Waals surface area contributed by atoms with E-state index in [1.807, 2.05) is 62.4 Å². The number of carbonyl (C=O) groups excluding carboxylic acids is 1. The van der Waals surface area contributed by atoms with Crippen molar-refractivity contribution in [2.45, 2.75) is 45.1 Å². The fourth-order valence-electron chi connectivity index (χ4n) is 3.97. The van der Waals surface area contributed by atoms with Crippen LogP contribution >= 0.6 is 23.2 Å². The highest BCUT2D eigenvalue weighted by Gasteiger charge is 2.25. The van der Waals surface area contributed by atoms with Crippen molar-refractivity contribution in [1.82, 2.24) is 5.32 Å². The molecule has 190 valence electrons. The van der Waals surface area contributed by atoms with Crippen molar-refractivity contribution in [3.05, 3.63) is 87.4 Å². The minimum Gasteiger partial charge on any atom is -0.489 e. The summed E-state index contributed by atoms with van der Waals surface area (Å²) >= 11 is 12.0. The molecule has 0 aliphatic carbocycles. The smallest absolute Gasteiger partial charge is 0.323 e. The van der Waals surface area contributed by atoms with E-state index in [0.29, 0.717) is 41.2 Å². The number of hydrogen-bond donors (Lipinski definition) is 1. The first-order chi connectivity index (χ1) is 17.3. The van der Waals surface area contributed by atoms with Crippen LogP contribution in [0.15, 0.2) is 60.7 Å². The van der Waals surface area contributed by atoms with Crippen molar-refractivity contribution in [2.24, 2.45) is 0 Å². The van der Waals surface area contributed by atoms with Crippen molar-refractivity contribution >= 4 is 29.2 Å². The van der Waals surface area contributed by atoms with Gasteiger partial charge in [-0.05, 0) is 59.5 Å². The maximum absolute atomic E-state index is 12.1. The number of nitrogens with one attached hydrogen (secondary N) is 1. The molecule has 1 heterocycles. The minimum atomic E-state index is -0.428. The standard InChI is InChI=1S/C28H29Cl2NO5/c1-17(2)31-24(28(32)33-3)13-18-5-11-25-26(14-18)35-16-27(36-25)20-6-8-21(9-7-20)34-15-19-4-10-22(29)23(30)12-19/h4-12,14,17,24,27,31H,13,15-16H2,1-3H3. The zero-order chi connectivity index (χ0) is 25.7. The highest BCUT2D eigenvalue weighted by Crippen LogP contribution is 2.37. The van der Waals surface area contributed by atoms with E-state index in [1.54, 1.807) is 12.1 Å². The lowest BCUT2D eigenvalue weighted by Gasteiger charge is -2.27. The predicted octanol–water partition coefficient (Wildman–Crippen LogP) is 6.17. The summed E-state index contributed by atoms with van der Waals surface area (Å²) in [7, 11) is 1.40. The molecule has 0 amide bonds. The molecule has 2 atom stereocenters. The van der Waals surface area contributed by atoms with Gasteiger partial charge in [0.1, 0.15) is 25.0 Å². The van der Waals surface area contributed by atoms with Gasteiger partial charge in [-0.3, -0.25) is 4.79 Å². The van der Waals surface area contributed by atoms with Crippen LogP contribution in [0.2, 0.25) is 10.0 Å². The quantitative estimate of drug-likeness (QED) is 0.334. The number of halogens is 2. The lowest BCUT2D eigenvalue weighted by atomic mass is 10.0. The number of rotatable bonds is 9. The Morgan fingerprint density at radius 1 is 1.00 bits per heavy atom. The third kappa shape index (κ3) is 6.64. The summed E-state index contributed by atoms with van der Waals surface area (Å²) in [6.07, 6.45) is 0.257. The third-order valence-electron chi connectivity index (χ3n) is 5.77. The fraction of sp³-hybridized carbons (Fsp3) is 0.321. The third-order valence-corrected chi connectivity index (χ3v) is 6.51. The van der Waals surface area contributed by atoms with Gasteiger partial charge in [-0.25, -0.2) is 0 Å². The van der Waals surface area contributed by atoms with Gasteiger partial charge in [-0.1, -0.05) is 61.3 Å². The van der Waals surface area contributed by atoms with Crippen LogP contribution in [0.3, 0.4) is 0 Å². The second kappa shape index (κ2) is 11.9. The highest BCUT2D eigenvalue weighted by atomic mass is 35.5. The Morgan fingerprint density at radius 3 is 2.44 bits per heavy atom. The van der Waals surface area contributed by atoms with Gasteiger partial charge in [0.25, 0.3) is 0 Å². The van der Waals surface area contributed by atoms with Crippen LogP contribution in [-0.4, -0.2) is 31.8 Å². The van der Waals surface area contributed by atoms with Crippen LogP contribution in [0.1, 0.15) is 36.6 Å². The average Bonchev–Trinajstić information content (AvgIpc) is 2.88. The van der Waals surface area contributed by atoms with Gasteiger partial charge in [0.2, 0.25) is 0 Å². The number of hydrogen-bond acceptors (Lipinski definition) is 6. The molecule has 0 saturated heterocycles. The Bertz CT molecular complexity index is 1200. The SMILES string of the molecule is COC(=O)C(Cc1ccc2c(c1)OCC(c1ccc(OCc3ccc(Cl)c(Cl)c3)cc1)O2)NC(C)C. The molecule has 0 bridgehead atoms. The number of carbonyl (C=O) groups is 1. The lowest BCUT2D eigenvalue weighted by Crippen LogP contribution is -2.43. The van der Waals surface area contributed by atoms with E-state index in [-0.39, 0.29) is 18.1 Å². The zero-order valence-electron chi connectivity index (χ0n) is 20.4. The molecule has 4 rings (SSSR count). The molecule has 0 aromatic heterocycles. The van der Waals surface area contributed by atoms with Crippen LogP contribution in [0.4, 0.5) is 0 Å². The molecule has 6 nitrogen and oxygen atoms in total. The summed E-state index contributed by atoms with van der Waals surface area (Å²) in [4.78, 5) is 12.1. The summed E-state index contributed by atoms with van der Waals surface area (Å²) in [6.45, 7) is 4.76.